The fraction of sp³-hybridized carbons (Fsp3) is 0.667. The molecule has 0 atom stereocenters. The predicted octanol–water partition coefficient (Wildman–Crippen LogP) is 1.80. The van der Waals surface area contributed by atoms with Gasteiger partial charge in [-0.1, -0.05) is 0 Å². The van der Waals surface area contributed by atoms with E-state index in [-0.39, 0.29) is 12.4 Å². The van der Waals surface area contributed by atoms with Crippen molar-refractivity contribution in [2.45, 2.75) is 30.5 Å². The van der Waals surface area contributed by atoms with E-state index in [4.69, 9.17) is 0 Å². The van der Waals surface area contributed by atoms with Crippen molar-refractivity contribution in [3.63, 3.8) is 0 Å². The van der Waals surface area contributed by atoms with E-state index in [0.29, 0.717) is 6.04 Å². The van der Waals surface area contributed by atoms with Crippen molar-refractivity contribution in [3.8, 4) is 0 Å². The van der Waals surface area contributed by atoms with Crippen molar-refractivity contribution in [2.75, 3.05) is 26.4 Å². The number of piperidine rings is 1. The van der Waals surface area contributed by atoms with E-state index in [9.17, 15) is 0 Å². The lowest BCUT2D eigenvalue weighted by Gasteiger charge is -2.31. The summed E-state index contributed by atoms with van der Waals surface area (Å²) in [6, 6.07) is 0.688. The zero-order valence-electron chi connectivity index (χ0n) is 10.9. The number of nitrogens with one attached hydrogen (secondary N) is 1. The molecule has 6 heteroatoms. The third-order valence-electron chi connectivity index (χ3n) is 3.30. The molecule has 0 aliphatic carbocycles. The molecular weight excluding hydrogens is 268 g/mol. The topological polar surface area (TPSA) is 41.0 Å². The van der Waals surface area contributed by atoms with Crippen molar-refractivity contribution < 1.29 is 0 Å². The molecule has 0 bridgehead atoms. The smallest absolute Gasteiger partial charge is 0.119 e. The number of thioether (sulfide) groups is 1. The average molecular weight is 289 g/mol. The Hall–Kier alpha value is -0.360. The van der Waals surface area contributed by atoms with Crippen molar-refractivity contribution in [1.29, 1.82) is 0 Å². The number of nitrogens with zero attached hydrogens (tertiary/aromatic N) is 3. The van der Waals surface area contributed by atoms with Crippen LogP contribution in [0, 0.1) is 0 Å². The van der Waals surface area contributed by atoms with Crippen LogP contribution in [0.1, 0.15) is 18.5 Å². The molecule has 1 N–H and O–H groups in total. The summed E-state index contributed by atoms with van der Waals surface area (Å²) in [6.45, 7) is 3.23. The van der Waals surface area contributed by atoms with Crippen LogP contribution in [0.3, 0.4) is 0 Å². The van der Waals surface area contributed by atoms with Crippen LogP contribution in [-0.4, -0.2) is 47.3 Å². The molecule has 1 aromatic heterocycles. The molecule has 1 aliphatic heterocycles. The summed E-state index contributed by atoms with van der Waals surface area (Å²) in [4.78, 5) is 11.3. The largest absolute Gasteiger partial charge is 0.317 e. The van der Waals surface area contributed by atoms with Gasteiger partial charge in [0, 0.05) is 38.1 Å². The molecule has 1 saturated heterocycles. The Bertz CT molecular complexity index is 356. The maximum Gasteiger partial charge on any atom is 0.119 e. The Morgan fingerprint density at radius 2 is 2.00 bits per heavy atom. The minimum atomic E-state index is 0. The second kappa shape index (κ2) is 7.94. The van der Waals surface area contributed by atoms with E-state index < -0.39 is 0 Å². The maximum absolute atomic E-state index is 4.44. The van der Waals surface area contributed by atoms with Gasteiger partial charge in [-0.15, -0.1) is 24.2 Å². The molecule has 1 fully saturated rings. The maximum atomic E-state index is 4.44. The van der Waals surface area contributed by atoms with Gasteiger partial charge in [0.05, 0.1) is 5.69 Å². The number of halogens is 1. The van der Waals surface area contributed by atoms with Gasteiger partial charge in [0.15, 0.2) is 0 Å². The Morgan fingerprint density at radius 3 is 2.61 bits per heavy atom. The lowest BCUT2D eigenvalue weighted by Crippen LogP contribution is -2.40. The first kappa shape index (κ1) is 15.7. The third-order valence-corrected chi connectivity index (χ3v) is 4.03. The summed E-state index contributed by atoms with van der Waals surface area (Å²) >= 11 is 1.68. The first-order valence-electron chi connectivity index (χ1n) is 6.07. The van der Waals surface area contributed by atoms with E-state index in [1.165, 1.54) is 12.8 Å². The second-order valence-electron chi connectivity index (χ2n) is 4.35. The van der Waals surface area contributed by atoms with E-state index in [1.807, 2.05) is 0 Å². The molecule has 1 aromatic rings. The van der Waals surface area contributed by atoms with Gasteiger partial charge in [-0.3, -0.25) is 9.88 Å². The molecule has 1 aliphatic rings. The van der Waals surface area contributed by atoms with Crippen LogP contribution in [0.15, 0.2) is 17.4 Å². The zero-order chi connectivity index (χ0) is 12.1. The van der Waals surface area contributed by atoms with E-state index in [1.54, 1.807) is 24.2 Å². The molecule has 4 nitrogen and oxygen atoms in total. The molecule has 0 aromatic carbocycles. The molecule has 0 amide bonds. The normalized spacial score (nSPS) is 17.4. The van der Waals surface area contributed by atoms with Crippen LogP contribution in [0.2, 0.25) is 0 Å². The van der Waals surface area contributed by atoms with Gasteiger partial charge in [0.2, 0.25) is 0 Å². The Labute approximate surface area is 119 Å². The average Bonchev–Trinajstić information content (AvgIpc) is 2.40. The highest BCUT2D eigenvalue weighted by Gasteiger charge is 2.19. The minimum absolute atomic E-state index is 0. The van der Waals surface area contributed by atoms with Gasteiger partial charge in [-0.25, -0.2) is 4.98 Å². The van der Waals surface area contributed by atoms with Gasteiger partial charge in [-0.05, 0) is 26.1 Å². The van der Waals surface area contributed by atoms with E-state index in [2.05, 4.69) is 33.5 Å². The monoisotopic (exact) mass is 288 g/mol. The lowest BCUT2D eigenvalue weighted by atomic mass is 10.1. The van der Waals surface area contributed by atoms with Gasteiger partial charge in [-0.2, -0.15) is 0 Å². The number of rotatable bonds is 4. The van der Waals surface area contributed by atoms with Crippen LogP contribution >= 0.6 is 24.2 Å². The summed E-state index contributed by atoms with van der Waals surface area (Å²) in [5, 5.41) is 4.41. The Balaban J connectivity index is 0.00000162. The molecule has 0 radical (unpaired) electrons. The number of hydrogen-bond donors (Lipinski definition) is 1. The molecule has 2 heterocycles. The molecule has 2 rings (SSSR count). The molecule has 102 valence electrons. The first-order valence-corrected chi connectivity index (χ1v) is 7.29. The van der Waals surface area contributed by atoms with E-state index >= 15 is 0 Å². The van der Waals surface area contributed by atoms with Gasteiger partial charge in [0.25, 0.3) is 0 Å². The Kier molecular flexibility index (Phi) is 6.92. The molecule has 18 heavy (non-hydrogen) atoms. The quantitative estimate of drug-likeness (QED) is 0.856. The highest BCUT2D eigenvalue weighted by molar-refractivity contribution is 7.98. The van der Waals surface area contributed by atoms with Crippen LogP contribution < -0.4 is 5.32 Å². The molecule has 0 unspecified atom stereocenters. The summed E-state index contributed by atoms with van der Waals surface area (Å²) in [5.74, 6) is 0. The van der Waals surface area contributed by atoms with Crippen LogP contribution in [-0.2, 0) is 6.54 Å². The van der Waals surface area contributed by atoms with Crippen LogP contribution in [0.4, 0.5) is 0 Å². The number of hydrogen-bond acceptors (Lipinski definition) is 5. The van der Waals surface area contributed by atoms with Crippen molar-refractivity contribution in [1.82, 2.24) is 20.2 Å². The fourth-order valence-corrected chi connectivity index (χ4v) is 2.74. The highest BCUT2D eigenvalue weighted by atomic mass is 35.5. The first-order chi connectivity index (χ1) is 8.33. The standard InChI is InChI=1S/C12H20N4S.ClH/c1-13-10-3-7-16(8-4-10)9-11-12(17-2)15-6-5-14-11;/h5-6,10,13H,3-4,7-9H2,1-2H3;1H. The van der Waals surface area contributed by atoms with Crippen LogP contribution in [0.5, 0.6) is 0 Å². The Morgan fingerprint density at radius 1 is 1.33 bits per heavy atom. The molecule has 0 saturated carbocycles. The summed E-state index contributed by atoms with van der Waals surface area (Å²) < 4.78 is 0. The van der Waals surface area contributed by atoms with Gasteiger partial charge >= 0.3 is 0 Å². The predicted molar refractivity (Wildman–Crippen MR) is 78.4 cm³/mol. The summed E-state index contributed by atoms with van der Waals surface area (Å²) in [7, 11) is 2.05. The van der Waals surface area contributed by atoms with Gasteiger partial charge in [0.1, 0.15) is 5.03 Å². The number of likely N-dealkylation sites (tertiary alicyclic amines) is 1. The molecule has 0 spiro atoms. The summed E-state index contributed by atoms with van der Waals surface area (Å²) in [6.07, 6.45) is 8.06. The lowest BCUT2D eigenvalue weighted by molar-refractivity contribution is 0.191. The fourth-order valence-electron chi connectivity index (χ4n) is 2.22. The summed E-state index contributed by atoms with van der Waals surface area (Å²) in [5.41, 5.74) is 1.11. The highest BCUT2D eigenvalue weighted by Crippen LogP contribution is 2.18. The van der Waals surface area contributed by atoms with Gasteiger partial charge < -0.3 is 5.32 Å². The van der Waals surface area contributed by atoms with Crippen molar-refractivity contribution in [2.24, 2.45) is 0 Å². The third kappa shape index (κ3) is 4.09. The zero-order valence-corrected chi connectivity index (χ0v) is 12.6. The molecular formula is C12H21ClN4S. The van der Waals surface area contributed by atoms with Crippen molar-refractivity contribution >= 4 is 24.2 Å². The van der Waals surface area contributed by atoms with Crippen molar-refractivity contribution in [3.05, 3.63) is 18.1 Å². The second-order valence-corrected chi connectivity index (χ2v) is 5.15. The van der Waals surface area contributed by atoms with E-state index in [0.717, 1.165) is 30.4 Å². The SMILES string of the molecule is CNC1CCN(Cc2nccnc2SC)CC1.Cl. The number of aromatic nitrogens is 2. The minimum Gasteiger partial charge on any atom is -0.317 e. The van der Waals surface area contributed by atoms with Crippen LogP contribution in [0.25, 0.3) is 0 Å².